The van der Waals surface area contributed by atoms with E-state index < -0.39 is 0 Å². The average Bonchev–Trinajstić information content (AvgIpc) is 1.61. The fourth-order valence-electron chi connectivity index (χ4n) is 0.474. The molecule has 0 rings (SSSR count). The maximum absolute atomic E-state index is 2.35. The van der Waals surface area contributed by atoms with E-state index in [0.717, 1.165) is 0 Å². The molecule has 0 heterocycles. The Morgan fingerprint density at radius 3 is 2.14 bits per heavy atom. The molecule has 0 N–H and O–H groups in total. The van der Waals surface area contributed by atoms with Crippen LogP contribution in [0.5, 0.6) is 0 Å². The summed E-state index contributed by atoms with van der Waals surface area (Å²) in [4.78, 5) is 0. The van der Waals surface area contributed by atoms with Crippen LogP contribution >= 0.6 is 7.92 Å². The van der Waals surface area contributed by atoms with Crippen LogP contribution in [0.1, 0.15) is 6.42 Å². The van der Waals surface area contributed by atoms with Crippen molar-refractivity contribution < 1.29 is 0 Å². The van der Waals surface area contributed by atoms with Crippen molar-refractivity contribution in [3.05, 3.63) is 0 Å². The lowest BCUT2D eigenvalue weighted by Crippen LogP contribution is -1.79. The van der Waals surface area contributed by atoms with Gasteiger partial charge >= 0.3 is 0 Å². The second-order valence-corrected chi connectivity index (χ2v) is 5.76. The van der Waals surface area contributed by atoms with Crippen molar-refractivity contribution >= 4 is 18.2 Å². The van der Waals surface area contributed by atoms with Crippen LogP contribution < -0.4 is 0 Å². The Morgan fingerprint density at radius 2 is 2.00 bits per heavy atom. The van der Waals surface area contributed by atoms with E-state index in [1.165, 1.54) is 28.9 Å². The van der Waals surface area contributed by atoms with Crippen molar-refractivity contribution in [2.24, 2.45) is 0 Å². The monoisotopic (exact) mass is 134 g/mol. The van der Waals surface area contributed by atoms with E-state index in [1.54, 1.807) is 0 Å². The molecule has 7 heavy (non-hydrogen) atoms. The molecule has 0 aliphatic carbocycles. The molecule has 0 nitrogen and oxygen atoms in total. The fourth-order valence-corrected chi connectivity index (χ4v) is 2.37. The molecule has 0 unspecified atom stereocenters. The minimum Gasteiger partial charge on any atom is -0.113 e. The molecule has 0 aromatic carbocycles. The zero-order chi connectivity index (χ0) is 5.70. The minimum absolute atomic E-state index is 0.416. The number of rotatable bonds is 3. The highest BCUT2D eigenvalue weighted by Crippen LogP contribution is 2.24. The molecular weight excluding hydrogens is 119 g/mol. The summed E-state index contributed by atoms with van der Waals surface area (Å²) in [6.07, 6.45) is 2.99. The van der Waals surface area contributed by atoms with Gasteiger partial charge in [-0.3, -0.25) is 0 Å². The second kappa shape index (κ2) is 4.80. The van der Waals surface area contributed by atoms with Gasteiger partial charge in [-0.15, -0.1) is 7.92 Å². The average molecular weight is 134 g/mol. The minimum atomic E-state index is 0.416. The molecule has 0 aromatic rings. The van der Waals surface area contributed by atoms with Gasteiger partial charge < -0.3 is 0 Å². The standard InChI is InChI=1S/C5H15PSi/c1-6(2)4-3-5-7/h3-5H2,1-2,7H3. The zero-order valence-electron chi connectivity index (χ0n) is 5.57. The third-order valence-electron chi connectivity index (χ3n) is 0.959. The lowest BCUT2D eigenvalue weighted by atomic mass is 10.6. The van der Waals surface area contributed by atoms with Gasteiger partial charge in [0.25, 0.3) is 0 Å². The Hall–Kier alpha value is 0.647. The van der Waals surface area contributed by atoms with Crippen LogP contribution in [0, 0.1) is 0 Å². The quantitative estimate of drug-likeness (QED) is 0.397. The van der Waals surface area contributed by atoms with Gasteiger partial charge in [0.2, 0.25) is 0 Å². The summed E-state index contributed by atoms with van der Waals surface area (Å²) in [5.74, 6) is 0. The van der Waals surface area contributed by atoms with Gasteiger partial charge in [0.15, 0.2) is 0 Å². The van der Waals surface area contributed by atoms with Crippen LogP contribution in [0.2, 0.25) is 6.04 Å². The summed E-state index contributed by atoms with van der Waals surface area (Å²) < 4.78 is 0. The first-order valence-corrected chi connectivity index (χ1v) is 6.75. The second-order valence-electron chi connectivity index (χ2n) is 2.16. The zero-order valence-corrected chi connectivity index (χ0v) is 8.46. The molecule has 0 bridgehead atoms. The highest BCUT2D eigenvalue weighted by atomic mass is 31.1. The first-order chi connectivity index (χ1) is 3.27. The molecule has 0 saturated carbocycles. The van der Waals surface area contributed by atoms with E-state index in [-0.39, 0.29) is 0 Å². The molecule has 0 aromatic heterocycles. The van der Waals surface area contributed by atoms with Crippen molar-refractivity contribution in [1.29, 1.82) is 0 Å². The largest absolute Gasteiger partial charge is 0.113 e. The van der Waals surface area contributed by atoms with Gasteiger partial charge in [-0.05, 0) is 19.5 Å². The van der Waals surface area contributed by atoms with Crippen LogP contribution in [-0.2, 0) is 0 Å². The maximum atomic E-state index is 2.35. The van der Waals surface area contributed by atoms with Crippen molar-refractivity contribution in [1.82, 2.24) is 0 Å². The Labute approximate surface area is 50.9 Å². The van der Waals surface area contributed by atoms with Crippen molar-refractivity contribution in [3.63, 3.8) is 0 Å². The SMILES string of the molecule is CP(C)CCC[SiH3]. The molecular formula is C5H15PSi. The summed E-state index contributed by atoms with van der Waals surface area (Å²) in [5.41, 5.74) is 0. The van der Waals surface area contributed by atoms with Crippen LogP contribution in [0.15, 0.2) is 0 Å². The molecule has 0 atom stereocenters. The first kappa shape index (κ1) is 7.65. The highest BCUT2D eigenvalue weighted by molar-refractivity contribution is 7.55. The lowest BCUT2D eigenvalue weighted by molar-refractivity contribution is 1.09. The van der Waals surface area contributed by atoms with Gasteiger partial charge in [-0.2, -0.15) is 0 Å². The normalized spacial score (nSPS) is 10.7. The summed E-state index contributed by atoms with van der Waals surface area (Å²) in [6.45, 7) is 4.71. The van der Waals surface area contributed by atoms with Crippen LogP contribution in [0.25, 0.3) is 0 Å². The first-order valence-electron chi connectivity index (χ1n) is 2.92. The third-order valence-corrected chi connectivity index (χ3v) is 2.88. The lowest BCUT2D eigenvalue weighted by Gasteiger charge is -2.00. The summed E-state index contributed by atoms with van der Waals surface area (Å²) >= 11 is 0. The summed E-state index contributed by atoms with van der Waals surface area (Å²) in [5, 5.41) is 0. The Morgan fingerprint density at radius 1 is 1.43 bits per heavy atom. The fraction of sp³-hybridized carbons (Fsp3) is 1.00. The van der Waals surface area contributed by atoms with Crippen LogP contribution in [0.4, 0.5) is 0 Å². The predicted octanol–water partition coefficient (Wildman–Crippen LogP) is 0.902. The third kappa shape index (κ3) is 6.65. The molecule has 0 spiro atoms. The van der Waals surface area contributed by atoms with Gasteiger partial charge in [0.1, 0.15) is 0 Å². The van der Waals surface area contributed by atoms with Gasteiger partial charge in [-0.1, -0.05) is 12.5 Å². The number of hydrogen-bond donors (Lipinski definition) is 0. The van der Waals surface area contributed by atoms with E-state index >= 15 is 0 Å². The molecule has 2 heteroatoms. The number of hydrogen-bond acceptors (Lipinski definition) is 0. The molecule has 0 aliphatic heterocycles. The maximum Gasteiger partial charge on any atom is 0.00281 e. The van der Waals surface area contributed by atoms with Crippen molar-refractivity contribution in [3.8, 4) is 0 Å². The smallest absolute Gasteiger partial charge is 0.00281 e. The predicted molar refractivity (Wildman–Crippen MR) is 43.0 cm³/mol. The Balaban J connectivity index is 2.68. The Kier molecular flexibility index (Phi) is 5.24. The molecule has 0 fully saturated rings. The van der Waals surface area contributed by atoms with E-state index in [0.29, 0.717) is 7.92 Å². The summed E-state index contributed by atoms with van der Waals surface area (Å²) in [7, 11) is 1.82. The van der Waals surface area contributed by atoms with Crippen LogP contribution in [-0.4, -0.2) is 29.7 Å². The van der Waals surface area contributed by atoms with E-state index in [9.17, 15) is 0 Å². The van der Waals surface area contributed by atoms with Crippen molar-refractivity contribution in [2.75, 3.05) is 19.5 Å². The molecule has 0 saturated heterocycles. The molecule has 0 radical (unpaired) electrons. The highest BCUT2D eigenvalue weighted by Gasteiger charge is 1.87. The molecule has 44 valence electrons. The van der Waals surface area contributed by atoms with Crippen molar-refractivity contribution in [2.45, 2.75) is 12.5 Å². The molecule has 0 aliphatic rings. The summed E-state index contributed by atoms with van der Waals surface area (Å²) in [6, 6.07) is 1.50. The van der Waals surface area contributed by atoms with Crippen LogP contribution in [0.3, 0.4) is 0 Å². The molecule has 0 amide bonds. The van der Waals surface area contributed by atoms with E-state index in [2.05, 4.69) is 13.3 Å². The van der Waals surface area contributed by atoms with E-state index in [1.807, 2.05) is 0 Å². The topological polar surface area (TPSA) is 0 Å². The van der Waals surface area contributed by atoms with Gasteiger partial charge in [-0.25, -0.2) is 0 Å². The van der Waals surface area contributed by atoms with Gasteiger partial charge in [0.05, 0.1) is 0 Å². The van der Waals surface area contributed by atoms with E-state index in [4.69, 9.17) is 0 Å². The Bertz CT molecular complexity index is 37.1. The van der Waals surface area contributed by atoms with Gasteiger partial charge in [0, 0.05) is 10.2 Å².